The fraction of sp³-hybridized carbons (Fsp3) is 0.931. The lowest BCUT2D eigenvalue weighted by molar-refractivity contribution is -0.159. The molecule has 0 atom stereocenters. The van der Waals surface area contributed by atoms with Crippen LogP contribution in [-0.2, 0) is 14.3 Å². The van der Waals surface area contributed by atoms with Crippen molar-refractivity contribution in [2.45, 2.75) is 167 Å². The number of carbonyl (C=O) groups excluding carboxylic acids is 2. The van der Waals surface area contributed by atoms with Crippen molar-refractivity contribution < 1.29 is 19.4 Å². The minimum absolute atomic E-state index is 0.327. The van der Waals surface area contributed by atoms with Crippen LogP contribution in [0.3, 0.4) is 0 Å². The van der Waals surface area contributed by atoms with E-state index < -0.39 is 0 Å². The molecule has 0 radical (unpaired) electrons. The highest BCUT2D eigenvalue weighted by atomic mass is 16.6. The SMILES string of the molecule is CCCCCCCCCCCCCC(=O)OC(=O)CCCCCCCCCCCCCCO. The van der Waals surface area contributed by atoms with E-state index in [1.807, 2.05) is 0 Å². The summed E-state index contributed by atoms with van der Waals surface area (Å²) in [4.78, 5) is 23.6. The third-order valence-electron chi connectivity index (χ3n) is 6.50. The maximum atomic E-state index is 11.8. The smallest absolute Gasteiger partial charge is 0.313 e. The van der Waals surface area contributed by atoms with Crippen molar-refractivity contribution in [3.05, 3.63) is 0 Å². The third-order valence-corrected chi connectivity index (χ3v) is 6.50. The quantitative estimate of drug-likeness (QED) is 0.0782. The summed E-state index contributed by atoms with van der Waals surface area (Å²) in [5.74, 6) is -0.684. The molecule has 0 heterocycles. The number of rotatable bonds is 26. The van der Waals surface area contributed by atoms with Crippen LogP contribution in [0.1, 0.15) is 167 Å². The molecule has 0 rings (SSSR count). The van der Waals surface area contributed by atoms with Gasteiger partial charge in [-0.3, -0.25) is 9.59 Å². The molecule has 1 N–H and O–H groups in total. The van der Waals surface area contributed by atoms with Gasteiger partial charge in [-0.2, -0.15) is 0 Å². The van der Waals surface area contributed by atoms with E-state index in [1.54, 1.807) is 0 Å². The van der Waals surface area contributed by atoms with E-state index in [2.05, 4.69) is 6.92 Å². The van der Waals surface area contributed by atoms with Crippen molar-refractivity contribution >= 4 is 11.9 Å². The lowest BCUT2D eigenvalue weighted by Gasteiger charge is -2.05. The van der Waals surface area contributed by atoms with E-state index in [0.717, 1.165) is 44.9 Å². The average Bonchev–Trinajstić information content (AvgIpc) is 2.80. The number of hydrogen-bond donors (Lipinski definition) is 1. The number of ether oxygens (including phenoxy) is 1. The highest BCUT2D eigenvalue weighted by Crippen LogP contribution is 2.14. The van der Waals surface area contributed by atoms with Gasteiger partial charge in [-0.25, -0.2) is 0 Å². The molecule has 4 heteroatoms. The van der Waals surface area contributed by atoms with Crippen LogP contribution in [0.25, 0.3) is 0 Å². The van der Waals surface area contributed by atoms with Gasteiger partial charge in [0.05, 0.1) is 0 Å². The normalized spacial score (nSPS) is 11.1. The molecular weight excluding hydrogens is 412 g/mol. The molecule has 0 amide bonds. The zero-order chi connectivity index (χ0) is 24.2. The van der Waals surface area contributed by atoms with Crippen molar-refractivity contribution in [1.29, 1.82) is 0 Å². The Morgan fingerprint density at radius 1 is 0.455 bits per heavy atom. The Bertz CT molecular complexity index is 422. The van der Waals surface area contributed by atoms with Crippen LogP contribution in [0.5, 0.6) is 0 Å². The lowest BCUT2D eigenvalue weighted by atomic mass is 10.0. The van der Waals surface area contributed by atoms with Crippen LogP contribution >= 0.6 is 0 Å². The minimum atomic E-state index is -0.343. The summed E-state index contributed by atoms with van der Waals surface area (Å²) in [7, 11) is 0. The molecule has 0 spiro atoms. The third kappa shape index (κ3) is 27.2. The van der Waals surface area contributed by atoms with E-state index in [0.29, 0.717) is 19.4 Å². The molecule has 0 aromatic carbocycles. The standard InChI is InChI=1S/C29H56O4/c1-2-3-4-5-6-7-10-13-16-19-22-25-28(31)33-29(32)26-23-20-17-14-11-8-9-12-15-18-21-24-27-30/h30H,2-27H2,1H3. The second kappa shape index (κ2) is 27.3. The van der Waals surface area contributed by atoms with Gasteiger partial charge in [0.15, 0.2) is 0 Å². The maximum Gasteiger partial charge on any atom is 0.313 e. The minimum Gasteiger partial charge on any atom is -0.396 e. The number of unbranched alkanes of at least 4 members (excludes halogenated alkanes) is 21. The van der Waals surface area contributed by atoms with Gasteiger partial charge < -0.3 is 9.84 Å². The van der Waals surface area contributed by atoms with E-state index in [9.17, 15) is 9.59 Å². The Morgan fingerprint density at radius 2 is 0.727 bits per heavy atom. The predicted molar refractivity (Wildman–Crippen MR) is 139 cm³/mol. The van der Waals surface area contributed by atoms with Gasteiger partial charge in [0, 0.05) is 19.4 Å². The summed E-state index contributed by atoms with van der Waals surface area (Å²) in [6, 6.07) is 0. The molecule has 0 aromatic heterocycles. The Morgan fingerprint density at radius 3 is 1.03 bits per heavy atom. The number of aliphatic hydroxyl groups excluding tert-OH is 1. The fourth-order valence-corrected chi connectivity index (χ4v) is 4.31. The average molecular weight is 469 g/mol. The van der Waals surface area contributed by atoms with Gasteiger partial charge in [0.2, 0.25) is 0 Å². The Balaban J connectivity index is 3.29. The topological polar surface area (TPSA) is 63.6 Å². The first-order valence-electron chi connectivity index (χ1n) is 14.5. The Hall–Kier alpha value is -0.900. The van der Waals surface area contributed by atoms with Crippen LogP contribution in [-0.4, -0.2) is 23.7 Å². The first kappa shape index (κ1) is 32.1. The molecule has 0 aliphatic rings. The lowest BCUT2D eigenvalue weighted by Crippen LogP contribution is -2.11. The zero-order valence-corrected chi connectivity index (χ0v) is 22.1. The molecule has 0 saturated carbocycles. The van der Waals surface area contributed by atoms with Crippen LogP contribution in [0, 0.1) is 0 Å². The van der Waals surface area contributed by atoms with E-state index in [4.69, 9.17) is 9.84 Å². The molecular formula is C29H56O4. The van der Waals surface area contributed by atoms with Crippen molar-refractivity contribution in [3.8, 4) is 0 Å². The summed E-state index contributed by atoms with van der Waals surface area (Å²) in [5, 5.41) is 8.74. The van der Waals surface area contributed by atoms with Gasteiger partial charge >= 0.3 is 11.9 Å². The van der Waals surface area contributed by atoms with Crippen LogP contribution in [0.2, 0.25) is 0 Å². The first-order chi connectivity index (χ1) is 16.2. The van der Waals surface area contributed by atoms with Crippen molar-refractivity contribution in [3.63, 3.8) is 0 Å². The molecule has 0 fully saturated rings. The van der Waals surface area contributed by atoms with Gasteiger partial charge in [0.25, 0.3) is 0 Å². The highest BCUT2D eigenvalue weighted by Gasteiger charge is 2.09. The van der Waals surface area contributed by atoms with Crippen LogP contribution in [0.15, 0.2) is 0 Å². The zero-order valence-electron chi connectivity index (χ0n) is 22.1. The molecule has 0 aromatic rings. The van der Waals surface area contributed by atoms with E-state index in [1.165, 1.54) is 103 Å². The van der Waals surface area contributed by atoms with Crippen molar-refractivity contribution in [2.24, 2.45) is 0 Å². The molecule has 33 heavy (non-hydrogen) atoms. The van der Waals surface area contributed by atoms with E-state index >= 15 is 0 Å². The predicted octanol–water partition coefficient (Wildman–Crippen LogP) is 8.82. The molecule has 0 unspecified atom stereocenters. The summed E-state index contributed by atoms with van der Waals surface area (Å²) < 4.78 is 4.96. The largest absolute Gasteiger partial charge is 0.396 e. The molecule has 4 nitrogen and oxygen atoms in total. The van der Waals surface area contributed by atoms with Gasteiger partial charge in [0.1, 0.15) is 0 Å². The van der Waals surface area contributed by atoms with Gasteiger partial charge in [-0.05, 0) is 19.3 Å². The number of esters is 2. The summed E-state index contributed by atoms with van der Waals surface area (Å²) >= 11 is 0. The van der Waals surface area contributed by atoms with E-state index in [-0.39, 0.29) is 11.9 Å². The second-order valence-corrected chi connectivity index (χ2v) is 9.85. The fourth-order valence-electron chi connectivity index (χ4n) is 4.31. The molecule has 0 saturated heterocycles. The summed E-state index contributed by atoms with van der Waals surface area (Å²) in [6.45, 7) is 2.58. The van der Waals surface area contributed by atoms with Crippen LogP contribution in [0.4, 0.5) is 0 Å². The maximum absolute atomic E-state index is 11.8. The molecule has 0 aliphatic heterocycles. The Labute approximate surface area is 205 Å². The number of hydrogen-bond acceptors (Lipinski definition) is 4. The monoisotopic (exact) mass is 468 g/mol. The molecule has 196 valence electrons. The van der Waals surface area contributed by atoms with Crippen molar-refractivity contribution in [1.82, 2.24) is 0 Å². The van der Waals surface area contributed by atoms with Crippen LogP contribution < -0.4 is 0 Å². The number of carbonyl (C=O) groups is 2. The Kier molecular flexibility index (Phi) is 26.6. The second-order valence-electron chi connectivity index (χ2n) is 9.85. The van der Waals surface area contributed by atoms with Gasteiger partial charge in [-0.15, -0.1) is 0 Å². The number of aliphatic hydroxyl groups is 1. The first-order valence-corrected chi connectivity index (χ1v) is 14.5. The highest BCUT2D eigenvalue weighted by molar-refractivity contribution is 5.85. The summed E-state index contributed by atoms with van der Waals surface area (Å²) in [5.41, 5.74) is 0. The summed E-state index contributed by atoms with van der Waals surface area (Å²) in [6.07, 6.45) is 28.6. The molecule has 0 aliphatic carbocycles. The molecule has 0 bridgehead atoms. The van der Waals surface area contributed by atoms with Crippen molar-refractivity contribution in [2.75, 3.05) is 6.61 Å². The van der Waals surface area contributed by atoms with Gasteiger partial charge in [-0.1, -0.05) is 135 Å².